The lowest BCUT2D eigenvalue weighted by molar-refractivity contribution is -0.384. The molecule has 1 fully saturated rings. The summed E-state index contributed by atoms with van der Waals surface area (Å²) in [6.07, 6.45) is 4.11. The molecular weight excluding hydrogens is 376 g/mol. The highest BCUT2D eigenvalue weighted by molar-refractivity contribution is 5.97. The van der Waals surface area contributed by atoms with E-state index in [1.807, 2.05) is 6.07 Å². The topological polar surface area (TPSA) is 123 Å². The highest BCUT2D eigenvalue weighted by Crippen LogP contribution is 2.44. The fraction of sp³-hybridized carbons (Fsp3) is 0.300. The molecule has 0 bridgehead atoms. The van der Waals surface area contributed by atoms with Crippen molar-refractivity contribution in [3.63, 3.8) is 0 Å². The van der Waals surface area contributed by atoms with Crippen LogP contribution < -0.4 is 15.2 Å². The van der Waals surface area contributed by atoms with Gasteiger partial charge in [-0.3, -0.25) is 14.9 Å². The average Bonchev–Trinajstić information content (AvgIpc) is 3.44. The van der Waals surface area contributed by atoms with E-state index >= 15 is 0 Å². The number of rotatable bonds is 4. The van der Waals surface area contributed by atoms with Crippen LogP contribution in [0.1, 0.15) is 42.1 Å². The Morgan fingerprint density at radius 3 is 2.59 bits per heavy atom. The first-order chi connectivity index (χ1) is 14.0. The van der Waals surface area contributed by atoms with Gasteiger partial charge in [0.25, 0.3) is 5.69 Å². The molecule has 0 atom stereocenters. The zero-order chi connectivity index (χ0) is 20.1. The summed E-state index contributed by atoms with van der Waals surface area (Å²) in [5.41, 5.74) is 7.43. The van der Waals surface area contributed by atoms with E-state index in [-0.39, 0.29) is 18.5 Å². The van der Waals surface area contributed by atoms with Gasteiger partial charge in [0.15, 0.2) is 11.5 Å². The number of hydrogen-bond acceptors (Lipinski definition) is 6. The van der Waals surface area contributed by atoms with E-state index in [4.69, 9.17) is 20.2 Å². The van der Waals surface area contributed by atoms with Crippen LogP contribution in [0.3, 0.4) is 0 Å². The van der Waals surface area contributed by atoms with Gasteiger partial charge in [-0.1, -0.05) is 12.8 Å². The smallest absolute Gasteiger partial charge is 0.284 e. The third kappa shape index (κ3) is 2.77. The van der Waals surface area contributed by atoms with E-state index in [9.17, 15) is 14.9 Å². The van der Waals surface area contributed by atoms with Crippen LogP contribution in [0.15, 0.2) is 30.3 Å². The van der Waals surface area contributed by atoms with Crippen molar-refractivity contribution in [3.8, 4) is 22.9 Å². The molecule has 1 amide bonds. The minimum Gasteiger partial charge on any atom is -0.454 e. The third-order valence-corrected chi connectivity index (χ3v) is 5.59. The fourth-order valence-electron chi connectivity index (χ4n) is 4.24. The maximum absolute atomic E-state index is 11.8. The quantitative estimate of drug-likeness (QED) is 0.533. The molecule has 9 nitrogen and oxygen atoms in total. The maximum atomic E-state index is 11.8. The number of carbonyl (C=O) groups is 1. The molecule has 1 aliphatic carbocycles. The molecule has 1 saturated carbocycles. The van der Waals surface area contributed by atoms with Crippen molar-refractivity contribution in [2.75, 3.05) is 6.79 Å². The van der Waals surface area contributed by atoms with E-state index in [1.165, 1.54) is 6.07 Å². The van der Waals surface area contributed by atoms with Crippen LogP contribution in [0.4, 0.5) is 5.69 Å². The predicted octanol–water partition coefficient (Wildman–Crippen LogP) is 3.55. The highest BCUT2D eigenvalue weighted by Gasteiger charge is 2.30. The third-order valence-electron chi connectivity index (χ3n) is 5.59. The number of nitro groups is 1. The Labute approximate surface area is 165 Å². The van der Waals surface area contributed by atoms with Crippen LogP contribution in [0.25, 0.3) is 22.4 Å². The molecular formula is C20H18N4O5. The summed E-state index contributed by atoms with van der Waals surface area (Å²) in [5, 5.41) is 11.8. The number of imidazole rings is 1. The molecule has 2 N–H and O–H groups in total. The van der Waals surface area contributed by atoms with Gasteiger partial charge in [-0.25, -0.2) is 4.98 Å². The van der Waals surface area contributed by atoms with E-state index < -0.39 is 10.8 Å². The molecule has 1 aliphatic heterocycles. The second-order valence-corrected chi connectivity index (χ2v) is 7.29. The normalized spacial score (nSPS) is 15.9. The second kappa shape index (κ2) is 6.47. The van der Waals surface area contributed by atoms with Crippen molar-refractivity contribution >= 4 is 22.6 Å². The number of nitro benzene ring substituents is 1. The fourth-order valence-corrected chi connectivity index (χ4v) is 4.24. The number of amides is 1. The van der Waals surface area contributed by atoms with Gasteiger partial charge >= 0.3 is 0 Å². The van der Waals surface area contributed by atoms with Gasteiger partial charge in [-0.05, 0) is 31.0 Å². The largest absolute Gasteiger partial charge is 0.454 e. The summed E-state index contributed by atoms with van der Waals surface area (Å²) in [4.78, 5) is 27.7. The molecule has 0 radical (unpaired) electrons. The number of hydrogen-bond donors (Lipinski definition) is 1. The molecule has 0 saturated heterocycles. The standard InChI is InChI=1S/C20H18N4O5/c21-19(25)11-5-6-15-14(7-11)22-20(23(15)12-3-1-2-4-12)13-8-17-18(29-10-28-17)9-16(13)24(26)27/h5-9,12H,1-4,10H2,(H2,21,25). The lowest BCUT2D eigenvalue weighted by atomic mass is 10.1. The molecule has 148 valence electrons. The van der Waals surface area contributed by atoms with Crippen LogP contribution in [-0.4, -0.2) is 27.2 Å². The number of ether oxygens (including phenoxy) is 2. The van der Waals surface area contributed by atoms with Gasteiger partial charge in [0.2, 0.25) is 12.7 Å². The molecule has 29 heavy (non-hydrogen) atoms. The summed E-state index contributed by atoms with van der Waals surface area (Å²) in [6.45, 7) is 0.0248. The Hall–Kier alpha value is -3.62. The lowest BCUT2D eigenvalue weighted by Crippen LogP contribution is -2.11. The number of primary amides is 1. The predicted molar refractivity (Wildman–Crippen MR) is 104 cm³/mol. The number of benzene rings is 2. The number of aromatic nitrogens is 2. The molecule has 3 aromatic rings. The number of fused-ring (bicyclic) bond motifs is 2. The molecule has 2 heterocycles. The Morgan fingerprint density at radius 2 is 1.90 bits per heavy atom. The van der Waals surface area contributed by atoms with Gasteiger partial charge in [-0.15, -0.1) is 0 Å². The van der Waals surface area contributed by atoms with Crippen LogP contribution in [0.5, 0.6) is 11.5 Å². The van der Waals surface area contributed by atoms with Crippen molar-refractivity contribution in [2.24, 2.45) is 5.73 Å². The molecule has 0 spiro atoms. The minimum absolute atomic E-state index is 0.0248. The highest BCUT2D eigenvalue weighted by atomic mass is 16.7. The van der Waals surface area contributed by atoms with Crippen LogP contribution in [0, 0.1) is 10.1 Å². The number of nitrogens with zero attached hydrogens (tertiary/aromatic N) is 3. The first kappa shape index (κ1) is 17.5. The first-order valence-corrected chi connectivity index (χ1v) is 9.43. The summed E-state index contributed by atoms with van der Waals surface area (Å²) in [6, 6.07) is 8.27. The Balaban J connectivity index is 1.79. The molecule has 9 heteroatoms. The van der Waals surface area contributed by atoms with Gasteiger partial charge in [0.1, 0.15) is 5.82 Å². The zero-order valence-corrected chi connectivity index (χ0v) is 15.5. The summed E-state index contributed by atoms with van der Waals surface area (Å²) in [7, 11) is 0. The summed E-state index contributed by atoms with van der Waals surface area (Å²) >= 11 is 0. The zero-order valence-electron chi connectivity index (χ0n) is 15.5. The summed E-state index contributed by atoms with van der Waals surface area (Å²) in [5.74, 6) is 0.741. The van der Waals surface area contributed by atoms with E-state index in [1.54, 1.807) is 18.2 Å². The lowest BCUT2D eigenvalue weighted by Gasteiger charge is -2.17. The first-order valence-electron chi connectivity index (χ1n) is 9.43. The van der Waals surface area contributed by atoms with Crippen LogP contribution in [0.2, 0.25) is 0 Å². The monoisotopic (exact) mass is 394 g/mol. The van der Waals surface area contributed by atoms with Crippen molar-refractivity contribution in [3.05, 3.63) is 46.0 Å². The molecule has 2 aliphatic rings. The minimum atomic E-state index is -0.544. The van der Waals surface area contributed by atoms with Crippen LogP contribution >= 0.6 is 0 Å². The molecule has 1 aromatic heterocycles. The van der Waals surface area contributed by atoms with E-state index in [2.05, 4.69) is 4.57 Å². The second-order valence-electron chi connectivity index (χ2n) is 7.29. The molecule has 5 rings (SSSR count). The number of carbonyl (C=O) groups excluding carboxylic acids is 1. The Morgan fingerprint density at radius 1 is 1.17 bits per heavy atom. The van der Waals surface area contributed by atoms with Crippen molar-refractivity contribution in [1.29, 1.82) is 0 Å². The van der Waals surface area contributed by atoms with Gasteiger partial charge in [0.05, 0.1) is 27.6 Å². The molecule has 2 aromatic carbocycles. The van der Waals surface area contributed by atoms with Crippen LogP contribution in [-0.2, 0) is 0 Å². The van der Waals surface area contributed by atoms with Gasteiger partial charge < -0.3 is 19.8 Å². The maximum Gasteiger partial charge on any atom is 0.284 e. The van der Waals surface area contributed by atoms with Gasteiger partial charge in [-0.2, -0.15) is 0 Å². The Kier molecular flexibility index (Phi) is 3.90. The van der Waals surface area contributed by atoms with Gasteiger partial charge in [0, 0.05) is 17.7 Å². The number of nitrogens with two attached hydrogens (primary N) is 1. The van der Waals surface area contributed by atoms with Crippen molar-refractivity contribution in [1.82, 2.24) is 9.55 Å². The van der Waals surface area contributed by atoms with E-state index in [0.717, 1.165) is 31.2 Å². The SMILES string of the molecule is NC(=O)c1ccc2c(c1)nc(-c1cc3c(cc1[N+](=O)[O-])OCO3)n2C1CCCC1. The average molecular weight is 394 g/mol. The van der Waals surface area contributed by atoms with Crippen molar-refractivity contribution < 1.29 is 19.2 Å². The summed E-state index contributed by atoms with van der Waals surface area (Å²) < 4.78 is 12.8. The molecule has 0 unspecified atom stereocenters. The van der Waals surface area contributed by atoms with Crippen molar-refractivity contribution in [2.45, 2.75) is 31.7 Å². The Bertz CT molecular complexity index is 1160. The van der Waals surface area contributed by atoms with E-state index in [0.29, 0.717) is 34.0 Å².